The van der Waals surface area contributed by atoms with E-state index in [1.807, 2.05) is 6.92 Å². The lowest BCUT2D eigenvalue weighted by Crippen LogP contribution is -2.46. The van der Waals surface area contributed by atoms with Crippen molar-refractivity contribution in [3.8, 4) is 0 Å². The second-order valence-electron chi connectivity index (χ2n) is 12.1. The predicted octanol–water partition coefficient (Wildman–Crippen LogP) is 4.87. The second-order valence-corrected chi connectivity index (χ2v) is 12.1. The number of anilines is 4. The zero-order chi connectivity index (χ0) is 28.1. The molecule has 1 atom stereocenters. The number of nitrogens with zero attached hydrogens (tertiary/aromatic N) is 4. The zero-order valence-electron chi connectivity index (χ0n) is 24.6. The first-order valence-corrected chi connectivity index (χ1v) is 15.2. The zero-order valence-corrected chi connectivity index (χ0v) is 24.6. The minimum atomic E-state index is -0.583. The van der Waals surface area contributed by atoms with Crippen LogP contribution in [0.15, 0.2) is 18.2 Å². The summed E-state index contributed by atoms with van der Waals surface area (Å²) in [6.45, 7) is 10.4. The van der Waals surface area contributed by atoms with Crippen LogP contribution in [0.5, 0.6) is 0 Å². The van der Waals surface area contributed by atoms with Crippen LogP contribution in [0.3, 0.4) is 0 Å². The first kappa shape index (κ1) is 28.6. The number of rotatable bonds is 7. The molecule has 40 heavy (non-hydrogen) atoms. The third-order valence-electron chi connectivity index (χ3n) is 9.25. The monoisotopic (exact) mass is 549 g/mol. The van der Waals surface area contributed by atoms with Crippen LogP contribution < -0.4 is 21.3 Å². The molecule has 1 amide bonds. The van der Waals surface area contributed by atoms with E-state index >= 15 is 0 Å². The molecule has 0 bridgehead atoms. The van der Waals surface area contributed by atoms with Crippen LogP contribution in [-0.2, 0) is 11.2 Å². The number of piperidine rings is 2. The number of nitrogens with two attached hydrogens (primary N) is 1. The van der Waals surface area contributed by atoms with E-state index in [0.717, 1.165) is 63.4 Å². The van der Waals surface area contributed by atoms with E-state index in [0.29, 0.717) is 23.5 Å². The van der Waals surface area contributed by atoms with Crippen molar-refractivity contribution in [3.63, 3.8) is 0 Å². The van der Waals surface area contributed by atoms with Gasteiger partial charge in [0.1, 0.15) is 0 Å². The number of aromatic nitrogens is 2. The van der Waals surface area contributed by atoms with E-state index < -0.39 is 5.91 Å². The number of hydrogen-bond donors (Lipinski definition) is 3. The van der Waals surface area contributed by atoms with E-state index in [1.54, 1.807) is 0 Å². The molecule has 3 aliphatic rings. The van der Waals surface area contributed by atoms with Crippen LogP contribution in [-0.4, -0.2) is 73.3 Å². The van der Waals surface area contributed by atoms with Crippen molar-refractivity contribution in [3.05, 3.63) is 35.2 Å². The Kier molecular flexibility index (Phi) is 9.10. The Balaban J connectivity index is 1.31. The minimum absolute atomic E-state index is 0.171. The van der Waals surface area contributed by atoms with E-state index in [2.05, 4.69) is 57.6 Å². The highest BCUT2D eigenvalue weighted by molar-refractivity contribution is 5.96. The molecular formula is C31H47N7O2. The molecular weight excluding hydrogens is 502 g/mol. The molecule has 1 unspecified atom stereocenters. The molecule has 218 valence electrons. The molecule has 2 aromatic rings. The smallest absolute Gasteiger partial charge is 0.271 e. The van der Waals surface area contributed by atoms with E-state index in [9.17, 15) is 4.79 Å². The van der Waals surface area contributed by atoms with Gasteiger partial charge < -0.3 is 30.9 Å². The first-order valence-electron chi connectivity index (χ1n) is 15.2. The summed E-state index contributed by atoms with van der Waals surface area (Å²) in [6, 6.07) is 6.65. The summed E-state index contributed by atoms with van der Waals surface area (Å²) in [5.74, 6) is 0.522. The second kappa shape index (κ2) is 12.7. The highest BCUT2D eigenvalue weighted by Crippen LogP contribution is 2.42. The van der Waals surface area contributed by atoms with Gasteiger partial charge in [-0.1, -0.05) is 6.92 Å². The Morgan fingerprint density at radius 2 is 1.80 bits per heavy atom. The molecule has 3 saturated heterocycles. The van der Waals surface area contributed by atoms with Crippen molar-refractivity contribution in [2.45, 2.75) is 77.7 Å². The first-order chi connectivity index (χ1) is 19.4. The maximum Gasteiger partial charge on any atom is 0.271 e. The molecule has 4 heterocycles. The third kappa shape index (κ3) is 6.69. The van der Waals surface area contributed by atoms with Crippen molar-refractivity contribution in [2.75, 3.05) is 62.0 Å². The molecule has 9 heteroatoms. The van der Waals surface area contributed by atoms with Gasteiger partial charge in [-0.2, -0.15) is 0 Å². The van der Waals surface area contributed by atoms with Crippen molar-refractivity contribution in [2.24, 2.45) is 11.1 Å². The van der Waals surface area contributed by atoms with Crippen molar-refractivity contribution < 1.29 is 9.53 Å². The number of nitrogens with one attached hydrogen (secondary N) is 2. The van der Waals surface area contributed by atoms with Crippen molar-refractivity contribution in [1.82, 2.24) is 14.9 Å². The lowest BCUT2D eigenvalue weighted by Gasteiger charge is -2.47. The maximum absolute atomic E-state index is 12.4. The highest BCUT2D eigenvalue weighted by Gasteiger charge is 2.37. The average Bonchev–Trinajstić information content (AvgIpc) is 2.93. The topological polar surface area (TPSA) is 109 Å². The summed E-state index contributed by atoms with van der Waals surface area (Å²) in [4.78, 5) is 26.9. The number of ether oxygens (including phenoxy) is 1. The molecule has 4 N–H and O–H groups in total. The summed E-state index contributed by atoms with van der Waals surface area (Å²) in [6.07, 6.45) is 10.00. The van der Waals surface area contributed by atoms with Gasteiger partial charge in [0.2, 0.25) is 0 Å². The molecule has 0 radical (unpaired) electrons. The van der Waals surface area contributed by atoms with Crippen LogP contribution in [0.4, 0.5) is 23.0 Å². The SMILES string of the molecule is CCc1nc(C(N)=O)c(Nc2ccc(N3CCC4(CCN(C)CC4)CC3)c(C)c2)nc1NC1CCCCOCC1. The Morgan fingerprint density at radius 1 is 1.05 bits per heavy atom. The van der Waals surface area contributed by atoms with Gasteiger partial charge in [-0.15, -0.1) is 0 Å². The standard InChI is InChI=1S/C31H47N7O2/c1-4-25-29(33-23-7-5-6-19-40-20-10-23)36-30(27(35-25)28(32)39)34-24-8-9-26(22(2)21-24)38-17-13-31(14-18-38)11-15-37(3)16-12-31/h8-9,21,23H,4-7,10-20H2,1-3H3,(H2,32,39)(H2,33,34,36). The Bertz CT molecular complexity index is 1160. The molecule has 0 aliphatic carbocycles. The Labute approximate surface area is 239 Å². The molecule has 5 rings (SSSR count). The van der Waals surface area contributed by atoms with Gasteiger partial charge in [0.15, 0.2) is 17.3 Å². The van der Waals surface area contributed by atoms with E-state index in [1.165, 1.54) is 50.0 Å². The number of hydrogen-bond acceptors (Lipinski definition) is 8. The third-order valence-corrected chi connectivity index (χ3v) is 9.25. The lowest BCUT2D eigenvalue weighted by atomic mass is 9.71. The normalized spacial score (nSPS) is 22.0. The molecule has 1 aromatic heterocycles. The molecule has 1 spiro atoms. The van der Waals surface area contributed by atoms with Crippen LogP contribution in [0, 0.1) is 12.3 Å². The largest absolute Gasteiger partial charge is 0.381 e. The molecule has 3 aliphatic heterocycles. The summed E-state index contributed by atoms with van der Waals surface area (Å²) < 4.78 is 5.70. The molecule has 9 nitrogen and oxygen atoms in total. The summed E-state index contributed by atoms with van der Waals surface area (Å²) in [7, 11) is 2.24. The van der Waals surface area contributed by atoms with Gasteiger partial charge in [-0.3, -0.25) is 4.79 Å². The summed E-state index contributed by atoms with van der Waals surface area (Å²) >= 11 is 0. The van der Waals surface area contributed by atoms with Gasteiger partial charge >= 0.3 is 0 Å². The number of amides is 1. The Hall–Kier alpha value is -2.91. The van der Waals surface area contributed by atoms with E-state index in [4.69, 9.17) is 15.5 Å². The number of carbonyl (C=O) groups is 1. The molecule has 1 aromatic carbocycles. The number of aryl methyl sites for hydroxylation is 2. The molecule has 0 saturated carbocycles. The fourth-order valence-corrected chi connectivity index (χ4v) is 6.54. The van der Waals surface area contributed by atoms with Crippen molar-refractivity contribution in [1.29, 1.82) is 0 Å². The van der Waals surface area contributed by atoms with Crippen LogP contribution >= 0.6 is 0 Å². The molecule has 3 fully saturated rings. The maximum atomic E-state index is 12.4. The number of carbonyl (C=O) groups excluding carboxylic acids is 1. The average molecular weight is 550 g/mol. The van der Waals surface area contributed by atoms with Crippen LogP contribution in [0.25, 0.3) is 0 Å². The lowest BCUT2D eigenvalue weighted by molar-refractivity contribution is 0.0944. The number of primary amides is 1. The quantitative estimate of drug-likeness (QED) is 0.449. The Morgan fingerprint density at radius 3 is 2.50 bits per heavy atom. The minimum Gasteiger partial charge on any atom is -0.381 e. The van der Waals surface area contributed by atoms with Gasteiger partial charge in [0, 0.05) is 43.7 Å². The van der Waals surface area contributed by atoms with Gasteiger partial charge in [0.25, 0.3) is 5.91 Å². The summed E-state index contributed by atoms with van der Waals surface area (Å²) in [5, 5.41) is 6.96. The van der Waals surface area contributed by atoms with Gasteiger partial charge in [-0.05, 0) is 114 Å². The van der Waals surface area contributed by atoms with E-state index in [-0.39, 0.29) is 11.7 Å². The fraction of sp³-hybridized carbons (Fsp3) is 0.645. The van der Waals surface area contributed by atoms with Gasteiger partial charge in [0.05, 0.1) is 5.69 Å². The highest BCUT2D eigenvalue weighted by atomic mass is 16.5. The van der Waals surface area contributed by atoms with Crippen molar-refractivity contribution >= 4 is 28.9 Å². The van der Waals surface area contributed by atoms with Crippen LogP contribution in [0.2, 0.25) is 0 Å². The van der Waals surface area contributed by atoms with Gasteiger partial charge in [-0.25, -0.2) is 9.97 Å². The van der Waals surface area contributed by atoms with Crippen LogP contribution in [0.1, 0.15) is 80.0 Å². The fourth-order valence-electron chi connectivity index (χ4n) is 6.54. The summed E-state index contributed by atoms with van der Waals surface area (Å²) in [5.41, 5.74) is 10.6. The number of likely N-dealkylation sites (tertiary alicyclic amines) is 1. The number of benzene rings is 1. The predicted molar refractivity (Wildman–Crippen MR) is 162 cm³/mol.